The lowest BCUT2D eigenvalue weighted by atomic mass is 10.1. The second-order valence-corrected chi connectivity index (χ2v) is 6.16. The first-order chi connectivity index (χ1) is 10.6. The van der Waals surface area contributed by atoms with E-state index in [2.05, 4.69) is 15.2 Å². The van der Waals surface area contributed by atoms with Gasteiger partial charge in [-0.1, -0.05) is 12.1 Å². The van der Waals surface area contributed by atoms with E-state index in [1.54, 1.807) is 12.1 Å². The van der Waals surface area contributed by atoms with E-state index in [0.29, 0.717) is 23.9 Å². The number of pyridine rings is 1. The van der Waals surface area contributed by atoms with Crippen molar-refractivity contribution in [1.29, 1.82) is 0 Å². The average Bonchev–Trinajstić information content (AvgIpc) is 3.32. The highest BCUT2D eigenvalue weighted by molar-refractivity contribution is 5.97. The number of rotatable bonds is 5. The van der Waals surface area contributed by atoms with Gasteiger partial charge in [0.15, 0.2) is 0 Å². The fourth-order valence-corrected chi connectivity index (χ4v) is 2.88. The maximum absolute atomic E-state index is 12.4. The van der Waals surface area contributed by atoms with Crippen LogP contribution in [0.25, 0.3) is 10.9 Å². The Bertz CT molecular complexity index is 745. The van der Waals surface area contributed by atoms with Gasteiger partial charge in [-0.15, -0.1) is 0 Å². The predicted octanol–water partition coefficient (Wildman–Crippen LogP) is 1.60. The standard InChI is InChI=1S/C17H21N3O2/c1-20(2)15(11-7-8-11)10-19-17(22)13-9-18-14-6-4-3-5-12(14)16(13)21/h3-6,9,11,15H,7-8,10H2,1-2H3,(H,18,21)(H,19,22). The lowest BCUT2D eigenvalue weighted by molar-refractivity contribution is 0.0937. The third-order valence-corrected chi connectivity index (χ3v) is 4.33. The van der Waals surface area contributed by atoms with Crippen molar-refractivity contribution in [3.8, 4) is 0 Å². The van der Waals surface area contributed by atoms with Gasteiger partial charge in [0.05, 0.1) is 0 Å². The molecule has 1 fully saturated rings. The summed E-state index contributed by atoms with van der Waals surface area (Å²) in [5, 5.41) is 3.45. The number of aromatic amines is 1. The van der Waals surface area contributed by atoms with Gasteiger partial charge in [0.25, 0.3) is 5.91 Å². The molecule has 1 atom stereocenters. The summed E-state index contributed by atoms with van der Waals surface area (Å²) in [5.41, 5.74) is 0.694. The maximum Gasteiger partial charge on any atom is 0.256 e. The van der Waals surface area contributed by atoms with Gasteiger partial charge < -0.3 is 15.2 Å². The van der Waals surface area contributed by atoms with E-state index in [4.69, 9.17) is 0 Å². The van der Waals surface area contributed by atoms with Crippen molar-refractivity contribution in [1.82, 2.24) is 15.2 Å². The first-order valence-corrected chi connectivity index (χ1v) is 7.63. The van der Waals surface area contributed by atoms with Crippen LogP contribution in [0.5, 0.6) is 0 Å². The monoisotopic (exact) mass is 299 g/mol. The molecule has 1 aromatic heterocycles. The summed E-state index contributed by atoms with van der Waals surface area (Å²) >= 11 is 0. The number of nitrogens with one attached hydrogen (secondary N) is 2. The van der Waals surface area contributed by atoms with E-state index in [0.717, 1.165) is 5.52 Å². The van der Waals surface area contributed by atoms with E-state index in [1.807, 2.05) is 26.2 Å². The molecule has 2 aromatic rings. The molecule has 0 spiro atoms. The second kappa shape index (κ2) is 5.93. The smallest absolute Gasteiger partial charge is 0.256 e. The molecule has 1 aromatic carbocycles. The zero-order valence-electron chi connectivity index (χ0n) is 12.9. The molecule has 5 heteroatoms. The summed E-state index contributed by atoms with van der Waals surface area (Å²) in [6.07, 6.45) is 3.94. The van der Waals surface area contributed by atoms with Crippen LogP contribution in [0, 0.1) is 5.92 Å². The minimum absolute atomic E-state index is 0.173. The van der Waals surface area contributed by atoms with Crippen molar-refractivity contribution in [2.45, 2.75) is 18.9 Å². The quantitative estimate of drug-likeness (QED) is 0.881. The van der Waals surface area contributed by atoms with Crippen molar-refractivity contribution < 1.29 is 4.79 Å². The normalized spacial score (nSPS) is 16.0. The fourth-order valence-electron chi connectivity index (χ4n) is 2.88. The molecule has 0 aliphatic heterocycles. The van der Waals surface area contributed by atoms with Crippen LogP contribution in [0.15, 0.2) is 35.3 Å². The Morgan fingerprint density at radius 1 is 1.36 bits per heavy atom. The minimum Gasteiger partial charge on any atom is -0.360 e. The molecule has 116 valence electrons. The van der Waals surface area contributed by atoms with Crippen LogP contribution in [0.1, 0.15) is 23.2 Å². The number of fused-ring (bicyclic) bond motifs is 1. The Morgan fingerprint density at radius 3 is 2.77 bits per heavy atom. The number of nitrogens with zero attached hydrogens (tertiary/aromatic N) is 1. The molecule has 1 amide bonds. The number of hydrogen-bond acceptors (Lipinski definition) is 3. The third kappa shape index (κ3) is 2.90. The molecule has 1 heterocycles. The SMILES string of the molecule is CN(C)C(CNC(=O)c1c[nH]c2ccccc2c1=O)C1CC1. The number of H-pyrrole nitrogens is 1. The summed E-state index contributed by atoms with van der Waals surface area (Å²) in [4.78, 5) is 29.9. The van der Waals surface area contributed by atoms with Crippen LogP contribution < -0.4 is 10.7 Å². The zero-order chi connectivity index (χ0) is 15.7. The predicted molar refractivity (Wildman–Crippen MR) is 87.1 cm³/mol. The zero-order valence-corrected chi connectivity index (χ0v) is 12.9. The number of amides is 1. The lowest BCUT2D eigenvalue weighted by Gasteiger charge is -2.24. The van der Waals surface area contributed by atoms with Crippen LogP contribution in [0.2, 0.25) is 0 Å². The highest BCUT2D eigenvalue weighted by atomic mass is 16.2. The summed E-state index contributed by atoms with van der Waals surface area (Å²) in [7, 11) is 4.05. The van der Waals surface area contributed by atoms with E-state index < -0.39 is 0 Å². The van der Waals surface area contributed by atoms with Gasteiger partial charge in [0.1, 0.15) is 5.56 Å². The van der Waals surface area contributed by atoms with Gasteiger partial charge in [0, 0.05) is 29.7 Å². The van der Waals surface area contributed by atoms with Crippen molar-refractivity contribution in [2.75, 3.05) is 20.6 Å². The summed E-state index contributed by atoms with van der Waals surface area (Å²) in [5.74, 6) is 0.352. The first-order valence-electron chi connectivity index (χ1n) is 7.63. The van der Waals surface area contributed by atoms with E-state index in [9.17, 15) is 9.59 Å². The van der Waals surface area contributed by atoms with Gasteiger partial charge in [-0.3, -0.25) is 9.59 Å². The molecular formula is C17H21N3O2. The summed E-state index contributed by atoms with van der Waals surface area (Å²) in [6.45, 7) is 0.572. The fraction of sp³-hybridized carbons (Fsp3) is 0.412. The van der Waals surface area contributed by atoms with Crippen LogP contribution in [-0.2, 0) is 0 Å². The van der Waals surface area contributed by atoms with E-state index in [1.165, 1.54) is 19.0 Å². The molecule has 5 nitrogen and oxygen atoms in total. The molecule has 1 saturated carbocycles. The summed E-state index contributed by atoms with van der Waals surface area (Å²) < 4.78 is 0. The molecular weight excluding hydrogens is 278 g/mol. The molecule has 22 heavy (non-hydrogen) atoms. The van der Waals surface area contributed by atoms with Gasteiger partial charge in [0.2, 0.25) is 5.43 Å². The van der Waals surface area contributed by atoms with Gasteiger partial charge in [-0.2, -0.15) is 0 Å². The van der Waals surface area contributed by atoms with Crippen molar-refractivity contribution >= 4 is 16.8 Å². The number of benzene rings is 1. The largest absolute Gasteiger partial charge is 0.360 e. The first kappa shape index (κ1) is 14.8. The number of carbonyl (C=O) groups is 1. The van der Waals surface area contributed by atoms with Crippen LogP contribution in [0.4, 0.5) is 0 Å². The van der Waals surface area contributed by atoms with E-state index in [-0.39, 0.29) is 16.9 Å². The highest BCUT2D eigenvalue weighted by Crippen LogP contribution is 2.34. The number of carbonyl (C=O) groups excluding carboxylic acids is 1. The third-order valence-electron chi connectivity index (χ3n) is 4.33. The molecule has 1 aliphatic rings. The van der Waals surface area contributed by atoms with Crippen LogP contribution in [0.3, 0.4) is 0 Å². The van der Waals surface area contributed by atoms with Crippen molar-refractivity contribution in [2.24, 2.45) is 5.92 Å². The molecule has 0 radical (unpaired) electrons. The number of para-hydroxylation sites is 1. The van der Waals surface area contributed by atoms with Gasteiger partial charge in [-0.25, -0.2) is 0 Å². The molecule has 1 unspecified atom stereocenters. The van der Waals surface area contributed by atoms with Crippen molar-refractivity contribution in [3.63, 3.8) is 0 Å². The summed E-state index contributed by atoms with van der Waals surface area (Å²) in [6, 6.07) is 7.55. The molecule has 1 aliphatic carbocycles. The number of hydrogen-bond donors (Lipinski definition) is 2. The van der Waals surface area contributed by atoms with Crippen LogP contribution >= 0.6 is 0 Å². The Hall–Kier alpha value is -2.14. The maximum atomic E-state index is 12.4. The Balaban J connectivity index is 1.77. The Labute approximate surface area is 129 Å². The molecule has 3 rings (SSSR count). The molecule has 0 saturated heterocycles. The minimum atomic E-state index is -0.306. The topological polar surface area (TPSA) is 65.2 Å². The average molecular weight is 299 g/mol. The Kier molecular flexibility index (Phi) is 3.98. The number of aromatic nitrogens is 1. The van der Waals surface area contributed by atoms with Crippen molar-refractivity contribution in [3.05, 3.63) is 46.2 Å². The number of likely N-dealkylation sites (N-methyl/N-ethyl adjacent to an activating group) is 1. The van der Waals surface area contributed by atoms with Gasteiger partial charge in [-0.05, 0) is 45.0 Å². The van der Waals surface area contributed by atoms with Crippen LogP contribution in [-0.4, -0.2) is 42.5 Å². The molecule has 2 N–H and O–H groups in total. The van der Waals surface area contributed by atoms with E-state index >= 15 is 0 Å². The Morgan fingerprint density at radius 2 is 2.09 bits per heavy atom. The lowest BCUT2D eigenvalue weighted by Crippen LogP contribution is -2.42. The molecule has 0 bridgehead atoms. The second-order valence-electron chi connectivity index (χ2n) is 6.16. The highest BCUT2D eigenvalue weighted by Gasteiger charge is 2.32. The van der Waals surface area contributed by atoms with Gasteiger partial charge >= 0.3 is 0 Å².